The van der Waals surface area contributed by atoms with E-state index in [0.29, 0.717) is 11.8 Å². The van der Waals surface area contributed by atoms with Crippen LogP contribution in [0.15, 0.2) is 0 Å². The Morgan fingerprint density at radius 2 is 2.08 bits per heavy atom. The first-order valence-electron chi connectivity index (χ1n) is 4.76. The molecular formula is C10H16O2. The normalized spacial score (nSPS) is 43.3. The van der Waals surface area contributed by atoms with Gasteiger partial charge in [0.05, 0.1) is 5.92 Å². The molecule has 2 aliphatic rings. The van der Waals surface area contributed by atoms with Gasteiger partial charge in [0.25, 0.3) is 0 Å². The van der Waals surface area contributed by atoms with Gasteiger partial charge in [-0.15, -0.1) is 0 Å². The average Bonchev–Trinajstić information content (AvgIpc) is 2.41. The summed E-state index contributed by atoms with van der Waals surface area (Å²) >= 11 is 0. The largest absolute Gasteiger partial charge is 0.481 e. The lowest BCUT2D eigenvalue weighted by molar-refractivity contribution is -0.148. The molecule has 2 aliphatic carbocycles. The lowest BCUT2D eigenvalue weighted by Gasteiger charge is -2.35. The van der Waals surface area contributed by atoms with E-state index in [0.717, 1.165) is 12.8 Å². The molecular weight excluding hydrogens is 152 g/mol. The molecule has 1 N–H and O–H groups in total. The highest BCUT2D eigenvalue weighted by Crippen LogP contribution is 2.59. The second-order valence-corrected chi connectivity index (χ2v) is 4.91. The van der Waals surface area contributed by atoms with Crippen molar-refractivity contribution in [1.29, 1.82) is 0 Å². The molecule has 2 heteroatoms. The van der Waals surface area contributed by atoms with Gasteiger partial charge in [0.2, 0.25) is 0 Å². The van der Waals surface area contributed by atoms with Crippen LogP contribution in [0.3, 0.4) is 0 Å². The quantitative estimate of drug-likeness (QED) is 0.651. The summed E-state index contributed by atoms with van der Waals surface area (Å²) in [5.41, 5.74) is 0.0503. The molecule has 12 heavy (non-hydrogen) atoms. The fourth-order valence-electron chi connectivity index (χ4n) is 3.38. The van der Waals surface area contributed by atoms with Crippen LogP contribution in [0.5, 0.6) is 0 Å². The van der Waals surface area contributed by atoms with Gasteiger partial charge in [0.15, 0.2) is 0 Å². The fraction of sp³-hybridized carbons (Fsp3) is 0.900. The predicted octanol–water partition coefficient (Wildman–Crippen LogP) is 2.14. The average molecular weight is 168 g/mol. The molecule has 0 heterocycles. The van der Waals surface area contributed by atoms with Crippen molar-refractivity contribution in [3.05, 3.63) is 0 Å². The van der Waals surface area contributed by atoms with E-state index in [1.54, 1.807) is 0 Å². The van der Waals surface area contributed by atoms with E-state index in [1.807, 2.05) is 0 Å². The molecule has 2 fully saturated rings. The Hall–Kier alpha value is -0.530. The van der Waals surface area contributed by atoms with Crippen LogP contribution in [0.2, 0.25) is 0 Å². The van der Waals surface area contributed by atoms with Gasteiger partial charge >= 0.3 is 5.97 Å². The Labute approximate surface area is 73.0 Å². The van der Waals surface area contributed by atoms with Crippen molar-refractivity contribution in [3.63, 3.8) is 0 Å². The molecule has 0 aliphatic heterocycles. The van der Waals surface area contributed by atoms with Gasteiger partial charge in [-0.25, -0.2) is 0 Å². The first-order valence-corrected chi connectivity index (χ1v) is 4.76. The molecule has 0 aromatic rings. The summed E-state index contributed by atoms with van der Waals surface area (Å²) in [6, 6.07) is 0. The minimum atomic E-state index is -0.577. The van der Waals surface area contributed by atoms with Crippen LogP contribution >= 0.6 is 0 Å². The third-order valence-corrected chi connectivity index (χ3v) is 4.06. The van der Waals surface area contributed by atoms with Crippen molar-refractivity contribution in [2.45, 2.75) is 33.1 Å². The van der Waals surface area contributed by atoms with Crippen molar-refractivity contribution in [3.8, 4) is 0 Å². The SMILES string of the molecule is CC1(C)[C@H]2CC[C@@H](C2)[C@@H]1C(=O)O. The molecule has 0 radical (unpaired) electrons. The number of carbonyl (C=O) groups is 1. The highest BCUT2D eigenvalue weighted by molar-refractivity contribution is 5.72. The topological polar surface area (TPSA) is 37.3 Å². The maximum atomic E-state index is 11.0. The summed E-state index contributed by atoms with van der Waals surface area (Å²) in [4.78, 5) is 11.0. The van der Waals surface area contributed by atoms with Crippen LogP contribution in [0, 0.1) is 23.2 Å². The van der Waals surface area contributed by atoms with Gasteiger partial charge < -0.3 is 5.11 Å². The Kier molecular flexibility index (Phi) is 1.51. The van der Waals surface area contributed by atoms with Gasteiger partial charge in [-0.1, -0.05) is 13.8 Å². The van der Waals surface area contributed by atoms with Crippen LogP contribution in [0.25, 0.3) is 0 Å². The number of carboxylic acid groups (broad SMARTS) is 1. The van der Waals surface area contributed by atoms with E-state index < -0.39 is 5.97 Å². The molecule has 2 bridgehead atoms. The molecule has 2 saturated carbocycles. The first-order chi connectivity index (χ1) is 5.53. The highest BCUT2D eigenvalue weighted by Gasteiger charge is 2.55. The van der Waals surface area contributed by atoms with Crippen LogP contribution < -0.4 is 0 Å². The molecule has 0 spiro atoms. The number of aliphatic carboxylic acids is 1. The van der Waals surface area contributed by atoms with Crippen LogP contribution in [0.4, 0.5) is 0 Å². The van der Waals surface area contributed by atoms with E-state index >= 15 is 0 Å². The highest BCUT2D eigenvalue weighted by atomic mass is 16.4. The molecule has 0 aromatic carbocycles. The maximum Gasteiger partial charge on any atom is 0.307 e. The van der Waals surface area contributed by atoms with Crippen molar-refractivity contribution in [2.75, 3.05) is 0 Å². The molecule has 0 saturated heterocycles. The van der Waals surface area contributed by atoms with Crippen molar-refractivity contribution in [1.82, 2.24) is 0 Å². The molecule has 2 rings (SSSR count). The van der Waals surface area contributed by atoms with Crippen LogP contribution in [-0.2, 0) is 4.79 Å². The third-order valence-electron chi connectivity index (χ3n) is 4.06. The van der Waals surface area contributed by atoms with E-state index in [2.05, 4.69) is 13.8 Å². The zero-order chi connectivity index (χ0) is 8.93. The van der Waals surface area contributed by atoms with Gasteiger partial charge in [-0.05, 0) is 36.5 Å². The summed E-state index contributed by atoms with van der Waals surface area (Å²) in [7, 11) is 0. The second kappa shape index (κ2) is 2.24. The Morgan fingerprint density at radius 1 is 1.42 bits per heavy atom. The van der Waals surface area contributed by atoms with Gasteiger partial charge in [0.1, 0.15) is 0 Å². The molecule has 3 atom stereocenters. The smallest absolute Gasteiger partial charge is 0.307 e. The van der Waals surface area contributed by atoms with Gasteiger partial charge in [-0.3, -0.25) is 4.79 Å². The van der Waals surface area contributed by atoms with E-state index in [4.69, 9.17) is 5.11 Å². The summed E-state index contributed by atoms with van der Waals surface area (Å²) < 4.78 is 0. The maximum absolute atomic E-state index is 11.0. The molecule has 0 amide bonds. The Balaban J connectivity index is 2.29. The number of hydrogen-bond acceptors (Lipinski definition) is 1. The number of hydrogen-bond donors (Lipinski definition) is 1. The number of fused-ring (bicyclic) bond motifs is 2. The number of carboxylic acids is 1. The van der Waals surface area contributed by atoms with E-state index in [9.17, 15) is 4.79 Å². The van der Waals surface area contributed by atoms with Crippen molar-refractivity contribution < 1.29 is 9.90 Å². The van der Waals surface area contributed by atoms with E-state index in [-0.39, 0.29) is 11.3 Å². The minimum Gasteiger partial charge on any atom is -0.481 e. The molecule has 0 unspecified atom stereocenters. The summed E-state index contributed by atoms with van der Waals surface area (Å²) in [6.45, 7) is 4.24. The van der Waals surface area contributed by atoms with Crippen LogP contribution in [0.1, 0.15) is 33.1 Å². The van der Waals surface area contributed by atoms with E-state index in [1.165, 1.54) is 6.42 Å². The zero-order valence-corrected chi connectivity index (χ0v) is 7.71. The standard InChI is InChI=1S/C10H16O2/c1-10(2)7-4-3-6(5-7)8(10)9(11)12/h6-8H,3-5H2,1-2H3,(H,11,12)/t6-,7-,8+/m0/s1. The third kappa shape index (κ3) is 0.838. The molecule has 0 aromatic heterocycles. The van der Waals surface area contributed by atoms with Gasteiger partial charge in [-0.2, -0.15) is 0 Å². The van der Waals surface area contributed by atoms with Crippen molar-refractivity contribution >= 4 is 5.97 Å². The van der Waals surface area contributed by atoms with Crippen molar-refractivity contribution in [2.24, 2.45) is 23.2 Å². The molecule has 68 valence electrons. The number of rotatable bonds is 1. The fourth-order valence-corrected chi connectivity index (χ4v) is 3.38. The summed E-state index contributed by atoms with van der Waals surface area (Å²) in [5.74, 6) is 0.495. The lowest BCUT2D eigenvalue weighted by atomic mass is 9.69. The molecule has 2 nitrogen and oxygen atoms in total. The van der Waals surface area contributed by atoms with Crippen LogP contribution in [-0.4, -0.2) is 11.1 Å². The first kappa shape index (κ1) is 8.09. The Bertz CT molecular complexity index is 220. The predicted molar refractivity (Wildman–Crippen MR) is 45.7 cm³/mol. The summed E-state index contributed by atoms with van der Waals surface area (Å²) in [5, 5.41) is 9.07. The Morgan fingerprint density at radius 3 is 2.42 bits per heavy atom. The zero-order valence-electron chi connectivity index (χ0n) is 7.71. The monoisotopic (exact) mass is 168 g/mol. The summed E-state index contributed by atoms with van der Waals surface area (Å²) in [6.07, 6.45) is 3.55. The van der Waals surface area contributed by atoms with Gasteiger partial charge in [0, 0.05) is 0 Å². The lowest BCUT2D eigenvalue weighted by Crippen LogP contribution is -2.36. The minimum absolute atomic E-state index is 0.0503. The second-order valence-electron chi connectivity index (χ2n) is 4.91.